The van der Waals surface area contributed by atoms with E-state index in [0.29, 0.717) is 17.4 Å². The number of hydrogen-bond donors (Lipinski definition) is 1. The summed E-state index contributed by atoms with van der Waals surface area (Å²) in [5.74, 6) is -0.799. The molecule has 0 saturated carbocycles. The van der Waals surface area contributed by atoms with Crippen LogP contribution in [0.2, 0.25) is 0 Å². The van der Waals surface area contributed by atoms with Gasteiger partial charge in [-0.15, -0.1) is 0 Å². The third-order valence-corrected chi connectivity index (χ3v) is 13.7. The van der Waals surface area contributed by atoms with Crippen molar-refractivity contribution in [2.45, 2.75) is 258 Å². The Hall–Kier alpha value is -2.81. The van der Waals surface area contributed by atoms with Crippen LogP contribution in [0.5, 0.6) is 0 Å². The fourth-order valence-electron chi connectivity index (χ4n) is 8.11. The number of nitrogens with zero attached hydrogens (tertiary/aromatic N) is 1. The van der Waals surface area contributed by atoms with Gasteiger partial charge >= 0.3 is 19.8 Å². The van der Waals surface area contributed by atoms with Crippen LogP contribution in [0.15, 0.2) is 85.1 Å². The minimum Gasteiger partial charge on any atom is -0.462 e. The van der Waals surface area contributed by atoms with Crippen LogP contribution in [0.4, 0.5) is 0 Å². The average molecular weight is 1040 g/mol. The number of phosphoric ester groups is 1. The van der Waals surface area contributed by atoms with Gasteiger partial charge in [0.05, 0.1) is 27.7 Å². The summed E-state index contributed by atoms with van der Waals surface area (Å²) in [6.45, 7) is 4.33. The van der Waals surface area contributed by atoms with E-state index in [1.807, 2.05) is 21.1 Å². The molecule has 0 rings (SSSR count). The number of rotatable bonds is 54. The SMILES string of the molecule is CC/C=C\C/C=C\C/C=C\C/C=C\C/C=C\C/C=C\C/C=C\CCCCCCCCCCCC(=O)OC(COC(=O)CCCCCCCCCCCCCCCCCCCC)COP(=O)(O)OCC[N+](C)(C)C. The monoisotopic (exact) mass is 1040 g/mol. The molecular weight excluding hydrogens is 930 g/mol. The molecule has 0 bridgehead atoms. The fourth-order valence-corrected chi connectivity index (χ4v) is 8.86. The van der Waals surface area contributed by atoms with Gasteiger partial charge in [0, 0.05) is 12.8 Å². The van der Waals surface area contributed by atoms with E-state index in [1.165, 1.54) is 128 Å². The first-order valence-corrected chi connectivity index (χ1v) is 31.3. The van der Waals surface area contributed by atoms with E-state index in [1.54, 1.807) is 0 Å². The quantitative estimate of drug-likeness (QED) is 0.0211. The van der Waals surface area contributed by atoms with Crippen molar-refractivity contribution in [3.63, 3.8) is 0 Å². The molecule has 2 unspecified atom stereocenters. The Labute approximate surface area is 450 Å². The van der Waals surface area contributed by atoms with E-state index < -0.39 is 26.5 Å². The largest absolute Gasteiger partial charge is 0.472 e. The molecule has 0 fully saturated rings. The number of phosphoric acid groups is 1. The van der Waals surface area contributed by atoms with Gasteiger partial charge in [0.2, 0.25) is 0 Å². The van der Waals surface area contributed by atoms with Gasteiger partial charge in [-0.2, -0.15) is 0 Å². The van der Waals surface area contributed by atoms with Gasteiger partial charge in [0.15, 0.2) is 6.10 Å². The predicted octanol–water partition coefficient (Wildman–Crippen LogP) is 18.6. The van der Waals surface area contributed by atoms with Crippen LogP contribution in [0, 0.1) is 0 Å². The zero-order valence-corrected chi connectivity index (χ0v) is 48.7. The van der Waals surface area contributed by atoms with Crippen LogP contribution >= 0.6 is 7.82 Å². The van der Waals surface area contributed by atoms with Crippen molar-refractivity contribution in [2.75, 3.05) is 47.5 Å². The fraction of sp³-hybridized carbons (Fsp3) is 0.746. The summed E-state index contributed by atoms with van der Waals surface area (Å²) in [5, 5.41) is 0. The first-order chi connectivity index (χ1) is 35.5. The first kappa shape index (κ1) is 70.2. The molecule has 0 spiro atoms. The van der Waals surface area contributed by atoms with E-state index in [4.69, 9.17) is 18.5 Å². The van der Waals surface area contributed by atoms with E-state index in [0.717, 1.165) is 89.9 Å². The van der Waals surface area contributed by atoms with E-state index in [2.05, 4.69) is 98.9 Å². The lowest BCUT2D eigenvalue weighted by molar-refractivity contribution is -0.870. The second-order valence-electron chi connectivity index (χ2n) is 21.0. The van der Waals surface area contributed by atoms with Crippen LogP contribution < -0.4 is 0 Å². The molecule has 0 aliphatic heterocycles. The summed E-state index contributed by atoms with van der Waals surface area (Å²) in [5.41, 5.74) is 0. The van der Waals surface area contributed by atoms with Gasteiger partial charge < -0.3 is 18.9 Å². The summed E-state index contributed by atoms with van der Waals surface area (Å²) in [6, 6.07) is 0. The van der Waals surface area contributed by atoms with Crippen LogP contribution in [-0.4, -0.2) is 74.9 Å². The maximum absolute atomic E-state index is 12.8. The number of carbonyl (C=O) groups excluding carboxylic acids is 2. The standard InChI is InChI=1S/C63H112NO8P/c1-6-8-10-12-14-16-18-20-22-24-26-27-28-29-30-31-32-33-34-35-36-37-38-40-42-44-46-48-50-52-54-56-63(66)72-61(60-71-73(67,68)70-58-57-64(3,4)5)59-69-62(65)55-53-51-49-47-45-43-41-39-25-23-21-19-17-15-13-11-9-7-2/h8,10,14,16,20,22,26-27,29-30,32-33,35-36,61H,6-7,9,11-13,15,17-19,21,23-25,28,31,34,37-60H2,1-5H3/p+1/b10-8-,16-14-,22-20-,27-26-,30-29-,33-32-,36-35-. The Balaban J connectivity index is 4.16. The van der Waals surface area contributed by atoms with Gasteiger partial charge in [0.25, 0.3) is 0 Å². The summed E-state index contributed by atoms with van der Waals surface area (Å²) in [7, 11) is 1.47. The molecule has 0 heterocycles. The molecule has 1 N–H and O–H groups in total. The summed E-state index contributed by atoms with van der Waals surface area (Å²) in [6.07, 6.45) is 72.2. The normalized spacial score (nSPS) is 13.9. The number of allylic oxidation sites excluding steroid dienone is 14. The number of esters is 2. The Morgan fingerprint density at radius 3 is 1.16 bits per heavy atom. The molecule has 422 valence electrons. The molecular formula is C63H113NO8P+. The lowest BCUT2D eigenvalue weighted by Gasteiger charge is -2.24. The third-order valence-electron chi connectivity index (χ3n) is 12.7. The summed E-state index contributed by atoms with van der Waals surface area (Å²) >= 11 is 0. The van der Waals surface area contributed by atoms with E-state index >= 15 is 0 Å². The van der Waals surface area contributed by atoms with Crippen molar-refractivity contribution in [1.82, 2.24) is 0 Å². The minimum atomic E-state index is -4.39. The van der Waals surface area contributed by atoms with E-state index in [-0.39, 0.29) is 32.0 Å². The second-order valence-corrected chi connectivity index (χ2v) is 22.5. The summed E-state index contributed by atoms with van der Waals surface area (Å²) in [4.78, 5) is 35.7. The smallest absolute Gasteiger partial charge is 0.462 e. The molecule has 0 radical (unpaired) electrons. The number of unbranched alkanes of at least 4 members (excludes halogenated alkanes) is 26. The predicted molar refractivity (Wildman–Crippen MR) is 312 cm³/mol. The molecule has 0 saturated heterocycles. The van der Waals surface area contributed by atoms with Crippen molar-refractivity contribution in [3.8, 4) is 0 Å². The van der Waals surface area contributed by atoms with Gasteiger partial charge in [-0.1, -0.05) is 253 Å². The Kier molecular flexibility index (Phi) is 51.9. The summed E-state index contributed by atoms with van der Waals surface area (Å²) < 4.78 is 34.6. The molecule has 0 aliphatic carbocycles. The van der Waals surface area contributed by atoms with Gasteiger partial charge in [-0.3, -0.25) is 18.6 Å². The molecule has 0 aromatic carbocycles. The number of hydrogen-bond acceptors (Lipinski definition) is 7. The lowest BCUT2D eigenvalue weighted by Crippen LogP contribution is -2.37. The highest BCUT2D eigenvalue weighted by Gasteiger charge is 2.27. The van der Waals surface area contributed by atoms with Crippen molar-refractivity contribution >= 4 is 19.8 Å². The number of ether oxygens (including phenoxy) is 2. The highest BCUT2D eigenvalue weighted by atomic mass is 31.2. The molecule has 73 heavy (non-hydrogen) atoms. The zero-order valence-electron chi connectivity index (χ0n) is 47.9. The average Bonchev–Trinajstić information content (AvgIpc) is 3.35. The van der Waals surface area contributed by atoms with Gasteiger partial charge in [-0.05, 0) is 70.6 Å². The van der Waals surface area contributed by atoms with Gasteiger partial charge in [0.1, 0.15) is 19.8 Å². The van der Waals surface area contributed by atoms with Crippen LogP contribution in [-0.2, 0) is 32.7 Å². The van der Waals surface area contributed by atoms with Gasteiger partial charge in [-0.25, -0.2) is 4.57 Å². The molecule has 2 atom stereocenters. The number of likely N-dealkylation sites (N-methyl/N-ethyl adjacent to an activating group) is 1. The number of quaternary nitrogens is 1. The Bertz CT molecular complexity index is 1510. The minimum absolute atomic E-state index is 0.0283. The molecule has 10 heteroatoms. The zero-order chi connectivity index (χ0) is 53.5. The topological polar surface area (TPSA) is 108 Å². The Morgan fingerprint density at radius 2 is 0.781 bits per heavy atom. The van der Waals surface area contributed by atoms with Crippen molar-refractivity contribution in [2.24, 2.45) is 0 Å². The molecule has 0 amide bonds. The molecule has 0 aromatic heterocycles. The molecule has 0 aromatic rings. The Morgan fingerprint density at radius 1 is 0.438 bits per heavy atom. The highest BCUT2D eigenvalue weighted by molar-refractivity contribution is 7.47. The van der Waals surface area contributed by atoms with Crippen molar-refractivity contribution in [3.05, 3.63) is 85.1 Å². The van der Waals surface area contributed by atoms with Crippen molar-refractivity contribution in [1.29, 1.82) is 0 Å². The van der Waals surface area contributed by atoms with Crippen LogP contribution in [0.25, 0.3) is 0 Å². The third kappa shape index (κ3) is 58.3. The lowest BCUT2D eigenvalue weighted by atomic mass is 10.0. The second kappa shape index (κ2) is 54.0. The first-order valence-electron chi connectivity index (χ1n) is 29.8. The molecule has 9 nitrogen and oxygen atoms in total. The van der Waals surface area contributed by atoms with Crippen LogP contribution in [0.3, 0.4) is 0 Å². The highest BCUT2D eigenvalue weighted by Crippen LogP contribution is 2.43. The van der Waals surface area contributed by atoms with E-state index in [9.17, 15) is 19.0 Å². The van der Waals surface area contributed by atoms with Crippen LogP contribution in [0.1, 0.15) is 251 Å². The maximum Gasteiger partial charge on any atom is 0.472 e. The molecule has 0 aliphatic rings. The van der Waals surface area contributed by atoms with Crippen molar-refractivity contribution < 1.29 is 42.1 Å². The maximum atomic E-state index is 12.8. The number of carbonyl (C=O) groups is 2.